The molecule has 0 fully saturated rings. The first-order chi connectivity index (χ1) is 7.71. The maximum absolute atomic E-state index is 9.02. The zero-order chi connectivity index (χ0) is 12.0. The van der Waals surface area contributed by atoms with Crippen LogP contribution in [0, 0.1) is 11.5 Å². The van der Waals surface area contributed by atoms with Crippen molar-refractivity contribution in [3.8, 4) is 6.19 Å². The van der Waals surface area contributed by atoms with E-state index in [2.05, 4.69) is 16.2 Å². The fraction of sp³-hybridized carbons (Fsp3) is 0.364. The van der Waals surface area contributed by atoms with Crippen LogP contribution in [0.25, 0.3) is 0 Å². The topological polar surface area (TPSA) is 52.3 Å². The molecule has 0 saturated carbocycles. The van der Waals surface area contributed by atoms with Crippen LogP contribution in [0.1, 0.15) is 18.9 Å². The van der Waals surface area contributed by atoms with E-state index in [4.69, 9.17) is 16.9 Å². The highest BCUT2D eigenvalue weighted by Crippen LogP contribution is 2.08. The molecule has 4 nitrogen and oxygen atoms in total. The van der Waals surface area contributed by atoms with Crippen molar-refractivity contribution in [1.29, 1.82) is 5.26 Å². The third kappa shape index (κ3) is 3.21. The first kappa shape index (κ1) is 12.5. The second-order valence-electron chi connectivity index (χ2n) is 3.17. The molecule has 1 heterocycles. The first-order valence-corrected chi connectivity index (χ1v) is 5.32. The van der Waals surface area contributed by atoms with E-state index >= 15 is 0 Å². The molecule has 0 aliphatic heterocycles. The van der Waals surface area contributed by atoms with Crippen LogP contribution in [-0.2, 0) is 6.54 Å². The van der Waals surface area contributed by atoms with Crippen molar-refractivity contribution in [2.75, 3.05) is 7.05 Å². The molecule has 0 amide bonds. The van der Waals surface area contributed by atoms with Crippen molar-refractivity contribution < 1.29 is 0 Å². The second-order valence-corrected chi connectivity index (χ2v) is 3.56. The monoisotopic (exact) mass is 236 g/mol. The summed E-state index contributed by atoms with van der Waals surface area (Å²) in [6, 6.07) is 3.56. The predicted molar refractivity (Wildman–Crippen MR) is 64.1 cm³/mol. The van der Waals surface area contributed by atoms with Gasteiger partial charge in [0, 0.05) is 19.7 Å². The lowest BCUT2D eigenvalue weighted by atomic mass is 10.2. The molecule has 1 aromatic heterocycles. The van der Waals surface area contributed by atoms with Crippen LogP contribution < -0.4 is 0 Å². The van der Waals surface area contributed by atoms with E-state index in [-0.39, 0.29) is 0 Å². The maximum atomic E-state index is 9.02. The summed E-state index contributed by atoms with van der Waals surface area (Å²) >= 11 is 5.69. The number of aromatic nitrogens is 1. The maximum Gasteiger partial charge on any atom is 0.185 e. The zero-order valence-electron chi connectivity index (χ0n) is 9.31. The highest BCUT2D eigenvalue weighted by molar-refractivity contribution is 6.29. The Morgan fingerprint density at radius 3 is 2.81 bits per heavy atom. The summed E-state index contributed by atoms with van der Waals surface area (Å²) in [4.78, 5) is 9.58. The summed E-state index contributed by atoms with van der Waals surface area (Å²) in [6.45, 7) is 2.44. The van der Waals surface area contributed by atoms with Gasteiger partial charge in [0.2, 0.25) is 0 Å². The van der Waals surface area contributed by atoms with Gasteiger partial charge in [0.15, 0.2) is 6.19 Å². The molecule has 0 aliphatic rings. The third-order valence-electron chi connectivity index (χ3n) is 2.14. The second kappa shape index (κ2) is 6.09. The number of nitriles is 1. The quantitative estimate of drug-likeness (QED) is 0.266. The highest BCUT2D eigenvalue weighted by Gasteiger charge is 2.08. The number of hydrogen-bond acceptors (Lipinski definition) is 3. The SMILES string of the molecule is CCC(=NC)N(C#N)Cc1ccc(Cl)nc1. The van der Waals surface area contributed by atoms with Gasteiger partial charge in [-0.05, 0) is 11.6 Å². The minimum atomic E-state index is 0.451. The molecule has 0 spiro atoms. The Hall–Kier alpha value is -1.60. The zero-order valence-corrected chi connectivity index (χ0v) is 10.1. The minimum Gasteiger partial charge on any atom is -0.275 e. The number of hydrogen-bond donors (Lipinski definition) is 0. The molecule has 0 saturated heterocycles. The Balaban J connectivity index is 2.79. The van der Waals surface area contributed by atoms with Crippen molar-refractivity contribution >= 4 is 17.4 Å². The van der Waals surface area contributed by atoms with E-state index < -0.39 is 0 Å². The van der Waals surface area contributed by atoms with Crippen molar-refractivity contribution in [2.45, 2.75) is 19.9 Å². The molecule has 0 atom stereocenters. The van der Waals surface area contributed by atoms with Gasteiger partial charge in [0.1, 0.15) is 11.0 Å². The van der Waals surface area contributed by atoms with E-state index in [0.29, 0.717) is 11.7 Å². The van der Waals surface area contributed by atoms with E-state index in [9.17, 15) is 0 Å². The van der Waals surface area contributed by atoms with Crippen LogP contribution in [0.15, 0.2) is 23.3 Å². The average molecular weight is 237 g/mol. The van der Waals surface area contributed by atoms with Gasteiger partial charge in [0.05, 0.1) is 6.54 Å². The van der Waals surface area contributed by atoms with Gasteiger partial charge in [-0.25, -0.2) is 4.98 Å². The Bertz CT molecular complexity index is 405. The van der Waals surface area contributed by atoms with Crippen LogP contribution in [-0.4, -0.2) is 22.8 Å². The van der Waals surface area contributed by atoms with Gasteiger partial charge in [-0.15, -0.1) is 0 Å². The summed E-state index contributed by atoms with van der Waals surface area (Å²) in [7, 11) is 1.68. The molecule has 1 aromatic rings. The average Bonchev–Trinajstić information content (AvgIpc) is 2.32. The summed E-state index contributed by atoms with van der Waals surface area (Å²) < 4.78 is 0. The van der Waals surface area contributed by atoms with E-state index in [0.717, 1.165) is 17.8 Å². The summed E-state index contributed by atoms with van der Waals surface area (Å²) in [5.74, 6) is 0.762. The highest BCUT2D eigenvalue weighted by atomic mass is 35.5. The van der Waals surface area contributed by atoms with E-state index in [1.165, 1.54) is 0 Å². The van der Waals surface area contributed by atoms with E-state index in [1.807, 2.05) is 13.0 Å². The summed E-state index contributed by atoms with van der Waals surface area (Å²) in [5.41, 5.74) is 0.931. The van der Waals surface area contributed by atoms with Crippen molar-refractivity contribution in [3.05, 3.63) is 29.0 Å². The van der Waals surface area contributed by atoms with Crippen LogP contribution in [0.5, 0.6) is 0 Å². The van der Waals surface area contributed by atoms with Crippen LogP contribution >= 0.6 is 11.6 Å². The molecule has 0 N–H and O–H groups in total. The number of rotatable bonds is 3. The van der Waals surface area contributed by atoms with Crippen molar-refractivity contribution in [2.24, 2.45) is 4.99 Å². The minimum absolute atomic E-state index is 0.451. The van der Waals surface area contributed by atoms with Crippen LogP contribution in [0.2, 0.25) is 5.15 Å². The standard InChI is InChI=1S/C11H13ClN4/c1-3-11(14-2)16(8-13)7-9-4-5-10(12)15-6-9/h4-6H,3,7H2,1-2H3. The number of halogens is 1. The fourth-order valence-corrected chi connectivity index (χ4v) is 1.45. The Kier molecular flexibility index (Phi) is 4.74. The molecule has 0 aliphatic carbocycles. The van der Waals surface area contributed by atoms with Crippen molar-refractivity contribution in [1.82, 2.24) is 9.88 Å². The number of amidine groups is 1. The molecule has 0 aromatic carbocycles. The lowest BCUT2D eigenvalue weighted by Gasteiger charge is -2.16. The summed E-state index contributed by atoms with van der Waals surface area (Å²) in [6.07, 6.45) is 4.50. The Labute approximate surface area is 100 Å². The number of pyridine rings is 1. The molecule has 0 radical (unpaired) electrons. The molecule has 16 heavy (non-hydrogen) atoms. The van der Waals surface area contributed by atoms with Gasteiger partial charge in [-0.3, -0.25) is 9.89 Å². The summed E-state index contributed by atoms with van der Waals surface area (Å²) in [5, 5.41) is 9.47. The fourth-order valence-electron chi connectivity index (χ4n) is 1.34. The Morgan fingerprint density at radius 1 is 1.62 bits per heavy atom. The van der Waals surface area contributed by atoms with Gasteiger partial charge in [0.25, 0.3) is 0 Å². The van der Waals surface area contributed by atoms with Gasteiger partial charge >= 0.3 is 0 Å². The smallest absolute Gasteiger partial charge is 0.185 e. The normalized spacial score (nSPS) is 11.0. The van der Waals surface area contributed by atoms with Crippen LogP contribution in [0.3, 0.4) is 0 Å². The van der Waals surface area contributed by atoms with Gasteiger partial charge < -0.3 is 0 Å². The molecular formula is C11H13ClN4. The largest absolute Gasteiger partial charge is 0.275 e. The molecule has 5 heteroatoms. The molecule has 0 unspecified atom stereocenters. The molecular weight excluding hydrogens is 224 g/mol. The lowest BCUT2D eigenvalue weighted by molar-refractivity contribution is 0.557. The lowest BCUT2D eigenvalue weighted by Crippen LogP contribution is -2.25. The van der Waals surface area contributed by atoms with Crippen molar-refractivity contribution in [3.63, 3.8) is 0 Å². The predicted octanol–water partition coefficient (Wildman–Crippen LogP) is 2.46. The van der Waals surface area contributed by atoms with Gasteiger partial charge in [-0.1, -0.05) is 24.6 Å². The number of aliphatic imine (C=N–C) groups is 1. The molecule has 84 valence electrons. The third-order valence-corrected chi connectivity index (χ3v) is 2.36. The van der Waals surface area contributed by atoms with E-state index in [1.54, 1.807) is 24.2 Å². The Morgan fingerprint density at radius 2 is 2.38 bits per heavy atom. The van der Waals surface area contributed by atoms with Crippen LogP contribution in [0.4, 0.5) is 0 Å². The first-order valence-electron chi connectivity index (χ1n) is 4.94. The number of nitrogens with zero attached hydrogens (tertiary/aromatic N) is 4. The van der Waals surface area contributed by atoms with Gasteiger partial charge in [-0.2, -0.15) is 5.26 Å². The molecule has 0 bridgehead atoms. The molecule has 1 rings (SSSR count).